The van der Waals surface area contributed by atoms with Gasteiger partial charge in [0.05, 0.1) is 23.8 Å². The second-order valence-electron chi connectivity index (χ2n) is 9.25. The number of nitrogens with zero attached hydrogens (tertiary/aromatic N) is 4. The lowest BCUT2D eigenvalue weighted by molar-refractivity contribution is -0.130. The molecule has 1 saturated carbocycles. The highest BCUT2D eigenvalue weighted by Crippen LogP contribution is 2.29. The highest BCUT2D eigenvalue weighted by molar-refractivity contribution is 5.82. The predicted molar refractivity (Wildman–Crippen MR) is 136 cm³/mol. The molecule has 2 aromatic carbocycles. The topological polar surface area (TPSA) is 93.8 Å². The first-order chi connectivity index (χ1) is 17.7. The molecule has 184 valence electrons. The lowest BCUT2D eigenvalue weighted by Crippen LogP contribution is -2.38. The maximum absolute atomic E-state index is 12.9. The number of hydrogen-bond acceptors (Lipinski definition) is 4. The van der Waals surface area contributed by atoms with Crippen LogP contribution in [-0.4, -0.2) is 31.4 Å². The van der Waals surface area contributed by atoms with Gasteiger partial charge in [-0.05, 0) is 43.5 Å². The zero-order chi connectivity index (χ0) is 24.7. The van der Waals surface area contributed by atoms with E-state index in [4.69, 9.17) is 0 Å². The second-order valence-corrected chi connectivity index (χ2v) is 9.25. The minimum Gasteiger partial charge on any atom is -0.352 e. The third-order valence-electron chi connectivity index (χ3n) is 6.66. The maximum atomic E-state index is 12.9. The Balaban J connectivity index is 1.09. The van der Waals surface area contributed by atoms with E-state index in [1.807, 2.05) is 73.1 Å². The van der Waals surface area contributed by atoms with Crippen molar-refractivity contribution in [1.29, 1.82) is 0 Å². The lowest BCUT2D eigenvalue weighted by atomic mass is 9.80. The van der Waals surface area contributed by atoms with Crippen molar-refractivity contribution in [2.24, 2.45) is 11.8 Å². The third kappa shape index (κ3) is 5.71. The molecule has 8 nitrogen and oxygen atoms in total. The fraction of sp³-hybridized carbons (Fsp3) is 0.286. The Labute approximate surface area is 210 Å². The summed E-state index contributed by atoms with van der Waals surface area (Å²) in [4.78, 5) is 25.7. The third-order valence-corrected chi connectivity index (χ3v) is 6.66. The number of carbonyl (C=O) groups excluding carboxylic acids is 2. The van der Waals surface area contributed by atoms with Crippen LogP contribution in [0.2, 0.25) is 0 Å². The van der Waals surface area contributed by atoms with E-state index in [2.05, 4.69) is 20.8 Å². The maximum Gasteiger partial charge on any atom is 0.223 e. The number of para-hydroxylation sites is 2. The Hall–Kier alpha value is -4.20. The summed E-state index contributed by atoms with van der Waals surface area (Å²) in [6.07, 6.45) is 10.4. The molecule has 5 rings (SSSR count). The molecule has 2 N–H and O–H groups in total. The van der Waals surface area contributed by atoms with Gasteiger partial charge in [-0.2, -0.15) is 10.2 Å². The number of carbonyl (C=O) groups is 2. The fourth-order valence-corrected chi connectivity index (χ4v) is 4.68. The Kier molecular flexibility index (Phi) is 7.21. The van der Waals surface area contributed by atoms with Crippen LogP contribution in [0.1, 0.15) is 36.8 Å². The first-order valence-electron chi connectivity index (χ1n) is 12.4. The highest BCUT2D eigenvalue weighted by atomic mass is 16.2. The van der Waals surface area contributed by atoms with E-state index >= 15 is 0 Å². The summed E-state index contributed by atoms with van der Waals surface area (Å²) in [6.45, 7) is 0.842. The number of hydrogen-bond donors (Lipinski definition) is 2. The summed E-state index contributed by atoms with van der Waals surface area (Å²) < 4.78 is 3.60. The number of rotatable bonds is 8. The Bertz CT molecular complexity index is 1200. The van der Waals surface area contributed by atoms with Crippen molar-refractivity contribution >= 4 is 11.8 Å². The Morgan fingerprint density at radius 3 is 1.61 bits per heavy atom. The second kappa shape index (κ2) is 11.0. The van der Waals surface area contributed by atoms with E-state index in [1.54, 1.807) is 21.8 Å². The number of aromatic nitrogens is 4. The first kappa shape index (κ1) is 23.5. The lowest BCUT2D eigenvalue weighted by Gasteiger charge is -2.27. The first-order valence-corrected chi connectivity index (χ1v) is 12.4. The molecule has 1 fully saturated rings. The summed E-state index contributed by atoms with van der Waals surface area (Å²) in [5.41, 5.74) is 3.83. The van der Waals surface area contributed by atoms with Crippen LogP contribution in [0.5, 0.6) is 0 Å². The molecular weight excluding hydrogens is 452 g/mol. The van der Waals surface area contributed by atoms with Gasteiger partial charge in [0.2, 0.25) is 11.8 Å². The molecule has 0 aliphatic heterocycles. The van der Waals surface area contributed by atoms with E-state index < -0.39 is 0 Å². The SMILES string of the molecule is O=C(NCc1cnn(-c2ccccc2)c1)C1CCCC(C(=O)NCc2cnn(-c3ccccc3)c2)C1. The van der Waals surface area contributed by atoms with Crippen LogP contribution in [0.25, 0.3) is 11.4 Å². The molecule has 0 bridgehead atoms. The molecule has 2 heterocycles. The van der Waals surface area contributed by atoms with Crippen LogP contribution in [0, 0.1) is 11.8 Å². The van der Waals surface area contributed by atoms with Gasteiger partial charge in [0.15, 0.2) is 0 Å². The Morgan fingerprint density at radius 1 is 0.722 bits per heavy atom. The quantitative estimate of drug-likeness (QED) is 0.400. The van der Waals surface area contributed by atoms with Crippen molar-refractivity contribution in [1.82, 2.24) is 30.2 Å². The monoisotopic (exact) mass is 482 g/mol. The van der Waals surface area contributed by atoms with Gasteiger partial charge < -0.3 is 10.6 Å². The fourth-order valence-electron chi connectivity index (χ4n) is 4.68. The van der Waals surface area contributed by atoms with E-state index in [0.717, 1.165) is 41.8 Å². The normalized spacial score (nSPS) is 17.4. The zero-order valence-electron chi connectivity index (χ0n) is 20.1. The van der Waals surface area contributed by atoms with Gasteiger partial charge in [0.25, 0.3) is 0 Å². The van der Waals surface area contributed by atoms with Crippen LogP contribution in [-0.2, 0) is 22.7 Å². The molecule has 0 saturated heterocycles. The van der Waals surface area contributed by atoms with Crippen molar-refractivity contribution < 1.29 is 9.59 Å². The van der Waals surface area contributed by atoms with Crippen molar-refractivity contribution in [3.05, 3.63) is 96.6 Å². The molecule has 0 radical (unpaired) electrons. The number of benzene rings is 2. The van der Waals surface area contributed by atoms with E-state index in [1.165, 1.54) is 0 Å². The molecule has 4 aromatic rings. The van der Waals surface area contributed by atoms with Crippen molar-refractivity contribution in [3.63, 3.8) is 0 Å². The largest absolute Gasteiger partial charge is 0.352 e. The Morgan fingerprint density at radius 2 is 1.17 bits per heavy atom. The molecule has 2 atom stereocenters. The summed E-state index contributed by atoms with van der Waals surface area (Å²) in [5.74, 6) is -0.299. The highest BCUT2D eigenvalue weighted by Gasteiger charge is 2.31. The standard InChI is InChI=1S/C28H30N6O2/c35-27(29-15-21-17-31-33(19-21)25-10-3-1-4-11-25)23-8-7-9-24(14-23)28(36)30-16-22-18-32-34(20-22)26-12-5-2-6-13-26/h1-6,10-13,17-20,23-24H,7-9,14-16H2,(H,29,35)(H,30,36). The van der Waals surface area contributed by atoms with Crippen LogP contribution in [0.4, 0.5) is 0 Å². The van der Waals surface area contributed by atoms with Crippen LogP contribution < -0.4 is 10.6 Å². The van der Waals surface area contributed by atoms with Gasteiger partial charge in [-0.3, -0.25) is 9.59 Å². The van der Waals surface area contributed by atoms with Crippen LogP contribution >= 0.6 is 0 Å². The number of nitrogens with one attached hydrogen (secondary N) is 2. The predicted octanol–water partition coefficient (Wildman–Crippen LogP) is 3.80. The van der Waals surface area contributed by atoms with Gasteiger partial charge >= 0.3 is 0 Å². The van der Waals surface area contributed by atoms with Gasteiger partial charge in [0.1, 0.15) is 0 Å². The van der Waals surface area contributed by atoms with E-state index in [9.17, 15) is 9.59 Å². The molecule has 2 aromatic heterocycles. The molecule has 2 amide bonds. The van der Waals surface area contributed by atoms with E-state index in [0.29, 0.717) is 19.5 Å². The molecular formula is C28H30N6O2. The van der Waals surface area contributed by atoms with Crippen LogP contribution in [0.3, 0.4) is 0 Å². The minimum absolute atomic E-state index is 0.00380. The van der Waals surface area contributed by atoms with Crippen LogP contribution in [0.15, 0.2) is 85.5 Å². The summed E-state index contributed by atoms with van der Waals surface area (Å²) in [7, 11) is 0. The zero-order valence-corrected chi connectivity index (χ0v) is 20.1. The summed E-state index contributed by atoms with van der Waals surface area (Å²) in [5, 5.41) is 14.8. The average Bonchev–Trinajstić information content (AvgIpc) is 3.62. The minimum atomic E-state index is -0.153. The molecule has 8 heteroatoms. The van der Waals surface area contributed by atoms with E-state index in [-0.39, 0.29) is 23.7 Å². The smallest absolute Gasteiger partial charge is 0.223 e. The molecule has 36 heavy (non-hydrogen) atoms. The average molecular weight is 483 g/mol. The van der Waals surface area contributed by atoms with Gasteiger partial charge in [0, 0.05) is 48.4 Å². The summed E-state index contributed by atoms with van der Waals surface area (Å²) in [6, 6.07) is 19.7. The van der Waals surface area contributed by atoms with Crippen molar-refractivity contribution in [2.45, 2.75) is 38.8 Å². The molecule has 2 unspecified atom stereocenters. The summed E-state index contributed by atoms with van der Waals surface area (Å²) >= 11 is 0. The van der Waals surface area contributed by atoms with Crippen molar-refractivity contribution in [3.8, 4) is 11.4 Å². The molecule has 1 aliphatic rings. The van der Waals surface area contributed by atoms with Gasteiger partial charge in [-0.25, -0.2) is 9.36 Å². The molecule has 0 spiro atoms. The van der Waals surface area contributed by atoms with Gasteiger partial charge in [-0.15, -0.1) is 0 Å². The number of amides is 2. The van der Waals surface area contributed by atoms with Gasteiger partial charge in [-0.1, -0.05) is 42.8 Å². The molecule has 1 aliphatic carbocycles. The van der Waals surface area contributed by atoms with Crippen molar-refractivity contribution in [2.75, 3.05) is 0 Å².